The Morgan fingerprint density at radius 3 is 1.16 bits per heavy atom. The lowest BCUT2D eigenvalue weighted by molar-refractivity contribution is -0.382. The Morgan fingerprint density at radius 2 is 0.860 bits per heavy atom. The van der Waals surface area contributed by atoms with Crippen molar-refractivity contribution in [2.45, 2.75) is 115 Å². The lowest BCUT2D eigenvalue weighted by atomic mass is 10.1. The van der Waals surface area contributed by atoms with Crippen LogP contribution in [0.25, 0.3) is 0 Å². The van der Waals surface area contributed by atoms with Crippen molar-refractivity contribution < 1.29 is 80.0 Å². The van der Waals surface area contributed by atoms with E-state index in [1.54, 1.807) is 0 Å². The van der Waals surface area contributed by atoms with Gasteiger partial charge in [0.2, 0.25) is 0 Å². The third kappa shape index (κ3) is 8.95. The second-order valence-corrected chi connectivity index (χ2v) is 17.9. The largest absolute Gasteiger partial charge is 0.465 e. The summed E-state index contributed by atoms with van der Waals surface area (Å²) < 4.78 is 197. The van der Waals surface area contributed by atoms with Gasteiger partial charge in [-0.1, -0.05) is 18.2 Å². The quantitative estimate of drug-likeness (QED) is 0.147. The Labute approximate surface area is 324 Å². The number of benzene rings is 3. The highest BCUT2D eigenvalue weighted by Gasteiger charge is 2.86. The maximum atomic E-state index is 15.7. The van der Waals surface area contributed by atoms with Gasteiger partial charge < -0.3 is 28.4 Å². The first-order chi connectivity index (χ1) is 26.9. The van der Waals surface area contributed by atoms with E-state index in [1.165, 1.54) is 54.6 Å². The topological polar surface area (TPSA) is 98.8 Å². The smallest absolute Gasteiger partial charge is 0.460 e. The van der Waals surface area contributed by atoms with Crippen LogP contribution in [0.1, 0.15) is 57.8 Å². The minimum Gasteiger partial charge on any atom is -0.465 e. The summed E-state index contributed by atoms with van der Waals surface area (Å²) in [5, 5.41) is -7.19. The number of hydrogen-bond acceptors (Lipinski definition) is 9. The molecule has 3 heterocycles. The van der Waals surface area contributed by atoms with E-state index in [9.17, 15) is 39.2 Å². The molecular formula is C37H39F9O9S2. The first-order valence-corrected chi connectivity index (χ1v) is 21.0. The monoisotopic (exact) mass is 862 g/mol. The molecule has 3 atom stereocenters. The average Bonchev–Trinajstić information content (AvgIpc) is 3.18. The van der Waals surface area contributed by atoms with Crippen LogP contribution in [0.4, 0.5) is 39.5 Å². The number of halogens is 9. The van der Waals surface area contributed by atoms with Gasteiger partial charge in [0.25, 0.3) is 0 Å². The summed E-state index contributed by atoms with van der Waals surface area (Å²) in [7, 11) is -12.0. The van der Waals surface area contributed by atoms with Gasteiger partial charge >= 0.3 is 33.4 Å². The third-order valence-electron chi connectivity index (χ3n) is 9.25. The summed E-state index contributed by atoms with van der Waals surface area (Å²) in [4.78, 5) is -1.05. The third-order valence-corrected chi connectivity index (χ3v) is 14.4. The van der Waals surface area contributed by atoms with Crippen LogP contribution in [0, 0.1) is 0 Å². The van der Waals surface area contributed by atoms with E-state index in [0.29, 0.717) is 58.3 Å². The lowest BCUT2D eigenvalue weighted by Crippen LogP contribution is -2.63. The molecule has 9 nitrogen and oxygen atoms in total. The van der Waals surface area contributed by atoms with Crippen molar-refractivity contribution in [3.63, 3.8) is 0 Å². The molecule has 57 heavy (non-hydrogen) atoms. The molecule has 316 valence electrons. The minimum absolute atomic E-state index is 0.0380. The summed E-state index contributed by atoms with van der Waals surface area (Å²) in [5.41, 5.74) is 0. The summed E-state index contributed by atoms with van der Waals surface area (Å²) in [5.74, 6) is -15.2. The first-order valence-electron chi connectivity index (χ1n) is 18.0. The van der Waals surface area contributed by atoms with Crippen LogP contribution in [-0.4, -0.2) is 70.4 Å². The highest BCUT2D eigenvalue weighted by molar-refractivity contribution is 8.33. The lowest BCUT2D eigenvalue weighted by Gasteiger charge is -2.41. The molecule has 0 amide bonds. The van der Waals surface area contributed by atoms with E-state index in [2.05, 4.69) is 0 Å². The van der Waals surface area contributed by atoms with Crippen molar-refractivity contribution >= 4 is 20.4 Å². The molecule has 6 rings (SSSR count). The minimum atomic E-state index is -7.57. The van der Waals surface area contributed by atoms with Crippen molar-refractivity contribution in [1.29, 1.82) is 0 Å². The van der Waals surface area contributed by atoms with Crippen LogP contribution in [0.15, 0.2) is 87.5 Å². The maximum absolute atomic E-state index is 15.7. The van der Waals surface area contributed by atoms with Crippen LogP contribution in [0.3, 0.4) is 0 Å². The fourth-order valence-corrected chi connectivity index (χ4v) is 11.5. The molecule has 0 saturated carbocycles. The molecule has 3 aromatic rings. The van der Waals surface area contributed by atoms with E-state index < -0.39 is 62.6 Å². The van der Waals surface area contributed by atoms with E-state index in [4.69, 9.17) is 32.1 Å². The van der Waals surface area contributed by atoms with Gasteiger partial charge in [0, 0.05) is 33.9 Å². The van der Waals surface area contributed by atoms with Crippen LogP contribution >= 0.6 is 10.3 Å². The molecule has 0 aliphatic carbocycles. The normalized spacial score (nSPS) is 23.2. The molecule has 0 aromatic heterocycles. The SMILES string of the molecule is O=S(=O)(OS(c1cccc(OC2CCCCO2)c1)(c1cccc(OC2CCCCO2)c1)c1cccc(OC2CCCCO2)c1)C(F)(F)C(F)(F)C(F)(F)C(F)(F)F. The van der Waals surface area contributed by atoms with E-state index in [1.807, 2.05) is 0 Å². The average molecular weight is 863 g/mol. The summed E-state index contributed by atoms with van der Waals surface area (Å²) in [6.07, 6.45) is -4.12. The van der Waals surface area contributed by atoms with Crippen LogP contribution < -0.4 is 14.2 Å². The van der Waals surface area contributed by atoms with Crippen molar-refractivity contribution in [2.24, 2.45) is 0 Å². The number of ether oxygens (including phenoxy) is 6. The second-order valence-electron chi connectivity index (χ2n) is 13.4. The molecule has 3 unspecified atom stereocenters. The van der Waals surface area contributed by atoms with Gasteiger partial charge in [0.1, 0.15) is 17.2 Å². The van der Waals surface area contributed by atoms with Gasteiger partial charge in [0.05, 0.1) is 19.8 Å². The maximum Gasteiger partial charge on any atom is 0.460 e. The van der Waals surface area contributed by atoms with Crippen LogP contribution in [0.5, 0.6) is 17.2 Å². The number of hydrogen-bond donors (Lipinski definition) is 0. The van der Waals surface area contributed by atoms with Crippen LogP contribution in [-0.2, 0) is 28.0 Å². The zero-order valence-electron chi connectivity index (χ0n) is 30.0. The first kappa shape index (κ1) is 43.2. The van der Waals surface area contributed by atoms with E-state index >= 15 is 8.78 Å². The zero-order valence-corrected chi connectivity index (χ0v) is 31.7. The zero-order chi connectivity index (χ0) is 41.1. The Balaban J connectivity index is 1.57. The van der Waals surface area contributed by atoms with Crippen molar-refractivity contribution in [3.8, 4) is 17.2 Å². The van der Waals surface area contributed by atoms with Crippen molar-refractivity contribution in [2.75, 3.05) is 19.8 Å². The standard InChI is InChI=1S/C37H39F9O9S2/c38-34(39,36(42,43)44)35(40,41)37(45,46)57(47,48)55-56(28-13-7-10-25(22-28)52-31-16-1-4-19-49-31,29-14-8-11-26(23-29)53-32-17-2-5-20-50-32)30-15-9-12-27(24-30)54-33-18-3-6-21-51-33/h7-15,22-24,31-33H,1-6,16-21H2. The molecule has 0 N–H and O–H groups in total. The van der Waals surface area contributed by atoms with E-state index in [0.717, 1.165) is 37.5 Å². The summed E-state index contributed by atoms with van der Waals surface area (Å²) in [6.45, 7) is 1.01. The fraction of sp³-hybridized carbons (Fsp3) is 0.514. The molecular weight excluding hydrogens is 824 g/mol. The summed E-state index contributed by atoms with van der Waals surface area (Å²) in [6, 6.07) is 15.1. The van der Waals surface area contributed by atoms with Crippen molar-refractivity contribution in [1.82, 2.24) is 0 Å². The van der Waals surface area contributed by atoms with Gasteiger partial charge in [0.15, 0.2) is 18.9 Å². The molecule has 20 heteroatoms. The molecule has 0 spiro atoms. The predicted octanol–water partition coefficient (Wildman–Crippen LogP) is 10.4. The Hall–Kier alpha value is -3.43. The van der Waals surface area contributed by atoms with Gasteiger partial charge in [-0.05, 0) is 103 Å². The summed E-state index contributed by atoms with van der Waals surface area (Å²) >= 11 is 0. The molecule has 3 aliphatic heterocycles. The van der Waals surface area contributed by atoms with Gasteiger partial charge in [-0.2, -0.15) is 47.9 Å². The predicted molar refractivity (Wildman–Crippen MR) is 185 cm³/mol. The highest BCUT2D eigenvalue weighted by Crippen LogP contribution is 2.72. The number of alkyl halides is 9. The van der Waals surface area contributed by atoms with Crippen molar-refractivity contribution in [3.05, 3.63) is 72.8 Å². The van der Waals surface area contributed by atoms with Gasteiger partial charge in [-0.3, -0.25) is 0 Å². The molecule has 0 bridgehead atoms. The molecule has 3 saturated heterocycles. The highest BCUT2D eigenvalue weighted by atomic mass is 32.3. The Kier molecular flexibility index (Phi) is 12.9. The molecule has 3 aromatic carbocycles. The molecule has 0 radical (unpaired) electrons. The molecule has 3 fully saturated rings. The second kappa shape index (κ2) is 17.0. The number of rotatable bonds is 14. The molecule has 3 aliphatic rings. The fourth-order valence-electron chi connectivity index (χ4n) is 6.27. The Morgan fingerprint density at radius 1 is 0.509 bits per heavy atom. The van der Waals surface area contributed by atoms with Gasteiger partial charge in [-0.25, -0.2) is 3.63 Å². The van der Waals surface area contributed by atoms with Crippen LogP contribution in [0.2, 0.25) is 0 Å². The Bertz CT molecular complexity index is 1780. The van der Waals surface area contributed by atoms with Gasteiger partial charge in [-0.15, -0.1) is 0 Å². The van der Waals surface area contributed by atoms with E-state index in [-0.39, 0.29) is 31.9 Å².